The molecule has 24 heavy (non-hydrogen) atoms. The summed E-state index contributed by atoms with van der Waals surface area (Å²) in [5.41, 5.74) is 0.973. The van der Waals surface area contributed by atoms with Crippen LogP contribution in [0.2, 0.25) is 0 Å². The lowest BCUT2D eigenvalue weighted by molar-refractivity contribution is -0.120. The molecule has 2 aromatic heterocycles. The van der Waals surface area contributed by atoms with Crippen molar-refractivity contribution in [1.82, 2.24) is 10.3 Å². The molecule has 0 radical (unpaired) electrons. The molecule has 0 aliphatic heterocycles. The molecule has 0 unspecified atom stereocenters. The standard InChI is InChI=1S/C17H17N3O2S2/c21-13(15-6-3-11-23-15)7-8-16(22)18-9-10-19-17-20-12-4-1-2-5-14(12)24-17/h1-6,11H,7-10H2,(H,18,22)(H,19,20). The van der Waals surface area contributed by atoms with E-state index >= 15 is 0 Å². The zero-order valence-electron chi connectivity index (χ0n) is 13.0. The second-order valence-electron chi connectivity index (χ2n) is 5.16. The van der Waals surface area contributed by atoms with Crippen molar-refractivity contribution in [2.75, 3.05) is 18.4 Å². The molecule has 3 rings (SSSR count). The lowest BCUT2D eigenvalue weighted by atomic mass is 10.2. The van der Waals surface area contributed by atoms with E-state index in [-0.39, 0.29) is 24.5 Å². The summed E-state index contributed by atoms with van der Waals surface area (Å²) in [5, 5.41) is 8.73. The number of thiophene rings is 1. The third kappa shape index (κ3) is 4.39. The van der Waals surface area contributed by atoms with E-state index in [4.69, 9.17) is 0 Å². The number of para-hydroxylation sites is 1. The number of nitrogens with one attached hydrogen (secondary N) is 2. The van der Waals surface area contributed by atoms with Gasteiger partial charge in [0.1, 0.15) is 0 Å². The fraction of sp³-hybridized carbons (Fsp3) is 0.235. The minimum absolute atomic E-state index is 0.0211. The molecule has 0 saturated heterocycles. The van der Waals surface area contributed by atoms with Crippen LogP contribution in [0.3, 0.4) is 0 Å². The van der Waals surface area contributed by atoms with Crippen molar-refractivity contribution in [3.8, 4) is 0 Å². The first kappa shape index (κ1) is 16.6. The van der Waals surface area contributed by atoms with Crippen molar-refractivity contribution in [3.05, 3.63) is 46.7 Å². The molecule has 0 atom stereocenters. The number of amides is 1. The van der Waals surface area contributed by atoms with Gasteiger partial charge in [0, 0.05) is 25.9 Å². The number of nitrogens with zero attached hydrogens (tertiary/aromatic N) is 1. The van der Waals surface area contributed by atoms with Gasteiger partial charge in [0.15, 0.2) is 10.9 Å². The number of carbonyl (C=O) groups excluding carboxylic acids is 2. The minimum atomic E-state index is -0.106. The molecule has 7 heteroatoms. The summed E-state index contributed by atoms with van der Waals surface area (Å²) in [6.45, 7) is 1.10. The van der Waals surface area contributed by atoms with Crippen LogP contribution in [-0.4, -0.2) is 29.8 Å². The van der Waals surface area contributed by atoms with Crippen molar-refractivity contribution in [3.63, 3.8) is 0 Å². The highest BCUT2D eigenvalue weighted by molar-refractivity contribution is 7.22. The maximum absolute atomic E-state index is 11.8. The summed E-state index contributed by atoms with van der Waals surface area (Å²) in [7, 11) is 0. The first-order valence-corrected chi connectivity index (χ1v) is 9.35. The quantitative estimate of drug-likeness (QED) is 0.477. The molecule has 0 aliphatic carbocycles. The van der Waals surface area contributed by atoms with Crippen LogP contribution in [0, 0.1) is 0 Å². The third-order valence-corrected chi connectivity index (χ3v) is 5.30. The Morgan fingerprint density at radius 3 is 2.71 bits per heavy atom. The maximum atomic E-state index is 11.8. The highest BCUT2D eigenvalue weighted by Gasteiger charge is 2.09. The maximum Gasteiger partial charge on any atom is 0.220 e. The van der Waals surface area contributed by atoms with Gasteiger partial charge in [-0.3, -0.25) is 9.59 Å². The highest BCUT2D eigenvalue weighted by atomic mass is 32.1. The first-order chi connectivity index (χ1) is 11.7. The largest absolute Gasteiger partial charge is 0.360 e. The minimum Gasteiger partial charge on any atom is -0.360 e. The number of aromatic nitrogens is 1. The highest BCUT2D eigenvalue weighted by Crippen LogP contribution is 2.24. The van der Waals surface area contributed by atoms with E-state index in [0.29, 0.717) is 18.0 Å². The molecule has 1 aromatic carbocycles. The molecule has 2 heterocycles. The fourth-order valence-electron chi connectivity index (χ4n) is 2.20. The number of Topliss-reactive ketones (excluding diaryl/α,β-unsaturated/α-hetero) is 1. The molecule has 0 fully saturated rings. The van der Waals surface area contributed by atoms with Gasteiger partial charge in [0.2, 0.25) is 5.91 Å². The number of anilines is 1. The van der Waals surface area contributed by atoms with Crippen LogP contribution in [0.15, 0.2) is 41.8 Å². The zero-order chi connectivity index (χ0) is 16.8. The van der Waals surface area contributed by atoms with Crippen LogP contribution in [0.5, 0.6) is 0 Å². The van der Waals surface area contributed by atoms with Gasteiger partial charge in [-0.2, -0.15) is 0 Å². The lowest BCUT2D eigenvalue weighted by Crippen LogP contribution is -2.28. The summed E-state index contributed by atoms with van der Waals surface area (Å²) in [6.07, 6.45) is 0.468. The van der Waals surface area contributed by atoms with Gasteiger partial charge in [-0.1, -0.05) is 29.5 Å². The Morgan fingerprint density at radius 2 is 1.92 bits per heavy atom. The summed E-state index contributed by atoms with van der Waals surface area (Å²) in [6, 6.07) is 11.6. The Morgan fingerprint density at radius 1 is 1.04 bits per heavy atom. The summed E-state index contributed by atoms with van der Waals surface area (Å²) < 4.78 is 1.14. The molecule has 1 amide bonds. The number of hydrogen-bond acceptors (Lipinski definition) is 6. The van der Waals surface area contributed by atoms with Gasteiger partial charge < -0.3 is 10.6 Å². The molecule has 5 nitrogen and oxygen atoms in total. The van der Waals surface area contributed by atoms with Crippen LogP contribution in [0.4, 0.5) is 5.13 Å². The van der Waals surface area contributed by atoms with Crippen molar-refractivity contribution in [2.24, 2.45) is 0 Å². The van der Waals surface area contributed by atoms with Gasteiger partial charge in [0.25, 0.3) is 0 Å². The molecule has 0 bridgehead atoms. The zero-order valence-corrected chi connectivity index (χ0v) is 14.6. The van der Waals surface area contributed by atoms with E-state index in [9.17, 15) is 9.59 Å². The van der Waals surface area contributed by atoms with Crippen LogP contribution in [0.1, 0.15) is 22.5 Å². The fourth-order valence-corrected chi connectivity index (χ4v) is 3.78. The van der Waals surface area contributed by atoms with Crippen LogP contribution in [0.25, 0.3) is 10.2 Å². The van der Waals surface area contributed by atoms with E-state index < -0.39 is 0 Å². The molecule has 3 aromatic rings. The van der Waals surface area contributed by atoms with E-state index in [1.165, 1.54) is 11.3 Å². The first-order valence-electron chi connectivity index (χ1n) is 7.65. The van der Waals surface area contributed by atoms with Gasteiger partial charge in [-0.05, 0) is 23.6 Å². The predicted molar refractivity (Wildman–Crippen MR) is 99.0 cm³/mol. The number of fused-ring (bicyclic) bond motifs is 1. The van der Waals surface area contributed by atoms with E-state index in [0.717, 1.165) is 15.3 Å². The SMILES string of the molecule is O=C(CCC(=O)c1cccs1)NCCNc1nc2ccccc2s1. The summed E-state index contributed by atoms with van der Waals surface area (Å²) in [5.74, 6) is -0.0845. The number of hydrogen-bond donors (Lipinski definition) is 2. The molecule has 124 valence electrons. The molecule has 0 saturated carbocycles. The number of ketones is 1. The average molecular weight is 359 g/mol. The lowest BCUT2D eigenvalue weighted by Gasteiger charge is -2.05. The molecule has 0 aliphatic rings. The Bertz CT molecular complexity index is 794. The third-order valence-electron chi connectivity index (χ3n) is 3.39. The second kappa shape index (κ2) is 8.03. The smallest absolute Gasteiger partial charge is 0.220 e. The second-order valence-corrected chi connectivity index (χ2v) is 7.14. The predicted octanol–water partition coefficient (Wildman–Crippen LogP) is 3.55. The van der Waals surface area contributed by atoms with Crippen molar-refractivity contribution in [1.29, 1.82) is 0 Å². The Labute approximate surface area is 147 Å². The van der Waals surface area contributed by atoms with Gasteiger partial charge >= 0.3 is 0 Å². The molecular formula is C17H17N3O2S2. The van der Waals surface area contributed by atoms with E-state index in [2.05, 4.69) is 15.6 Å². The molecular weight excluding hydrogens is 342 g/mol. The Hall–Kier alpha value is -2.25. The average Bonchev–Trinajstić information content (AvgIpc) is 3.25. The van der Waals surface area contributed by atoms with Crippen LogP contribution >= 0.6 is 22.7 Å². The van der Waals surface area contributed by atoms with Crippen LogP contribution < -0.4 is 10.6 Å². The van der Waals surface area contributed by atoms with Crippen LogP contribution in [-0.2, 0) is 4.79 Å². The number of thiazole rings is 1. The summed E-state index contributed by atoms with van der Waals surface area (Å²) in [4.78, 5) is 28.8. The normalized spacial score (nSPS) is 10.7. The Kier molecular flexibility index (Phi) is 5.55. The van der Waals surface area contributed by atoms with Crippen molar-refractivity contribution < 1.29 is 9.59 Å². The van der Waals surface area contributed by atoms with Crippen molar-refractivity contribution in [2.45, 2.75) is 12.8 Å². The Balaban J connectivity index is 1.35. The van der Waals surface area contributed by atoms with Gasteiger partial charge in [-0.25, -0.2) is 4.98 Å². The monoisotopic (exact) mass is 359 g/mol. The van der Waals surface area contributed by atoms with E-state index in [1.807, 2.05) is 35.7 Å². The number of benzene rings is 1. The topological polar surface area (TPSA) is 71.1 Å². The van der Waals surface area contributed by atoms with Gasteiger partial charge in [-0.15, -0.1) is 11.3 Å². The van der Waals surface area contributed by atoms with Gasteiger partial charge in [0.05, 0.1) is 15.1 Å². The number of carbonyl (C=O) groups is 2. The van der Waals surface area contributed by atoms with Crippen molar-refractivity contribution >= 4 is 49.7 Å². The summed E-state index contributed by atoms with van der Waals surface area (Å²) >= 11 is 3.00. The van der Waals surface area contributed by atoms with E-state index in [1.54, 1.807) is 17.4 Å². The molecule has 0 spiro atoms. The number of rotatable bonds is 8. The molecule has 2 N–H and O–H groups in total.